The van der Waals surface area contributed by atoms with Gasteiger partial charge in [0.2, 0.25) is 6.71 Å². The molecule has 1 spiro atoms. The molecule has 3 nitrogen and oxygen atoms in total. The zero-order valence-corrected chi connectivity index (χ0v) is 27.1. The third kappa shape index (κ3) is 3.62. The molecule has 1 aromatic heterocycles. The Morgan fingerprint density at radius 1 is 0.340 bits per heavy atom. The average Bonchev–Trinajstić information content (AvgIpc) is 3.69. The topological polar surface area (TPSA) is 38.7 Å². The van der Waals surface area contributed by atoms with Crippen LogP contribution < -0.4 is 16.4 Å². The third-order valence-electron chi connectivity index (χ3n) is 11.0. The van der Waals surface area contributed by atoms with E-state index in [0.29, 0.717) is 17.5 Å². The van der Waals surface area contributed by atoms with Gasteiger partial charge in [-0.1, -0.05) is 180 Å². The predicted molar refractivity (Wildman–Crippen MR) is 204 cm³/mol. The molecular formula is C46H28BN3. The van der Waals surface area contributed by atoms with E-state index in [9.17, 15) is 0 Å². The van der Waals surface area contributed by atoms with Gasteiger partial charge >= 0.3 is 0 Å². The monoisotopic (exact) mass is 633 g/mol. The highest BCUT2D eigenvalue weighted by atomic mass is 15.0. The maximum Gasteiger partial charge on any atom is 0.243 e. The van der Waals surface area contributed by atoms with Crippen LogP contribution in [0.1, 0.15) is 22.3 Å². The Bertz CT molecular complexity index is 2610. The highest BCUT2D eigenvalue weighted by Crippen LogP contribution is 2.57. The maximum absolute atomic E-state index is 5.14. The molecule has 0 radical (unpaired) electrons. The molecule has 50 heavy (non-hydrogen) atoms. The predicted octanol–water partition coefficient (Wildman–Crippen LogP) is 8.05. The average molecular weight is 634 g/mol. The summed E-state index contributed by atoms with van der Waals surface area (Å²) in [7, 11) is 0. The number of aromatic nitrogens is 3. The van der Waals surface area contributed by atoms with E-state index in [1.54, 1.807) is 0 Å². The Morgan fingerprint density at radius 3 is 1.58 bits per heavy atom. The second kappa shape index (κ2) is 10.3. The van der Waals surface area contributed by atoms with Crippen LogP contribution in [0.4, 0.5) is 0 Å². The van der Waals surface area contributed by atoms with Gasteiger partial charge in [0.25, 0.3) is 0 Å². The van der Waals surface area contributed by atoms with Crippen molar-refractivity contribution in [2.24, 2.45) is 0 Å². The lowest BCUT2D eigenvalue weighted by Gasteiger charge is -2.42. The van der Waals surface area contributed by atoms with Crippen LogP contribution >= 0.6 is 0 Å². The van der Waals surface area contributed by atoms with E-state index in [4.69, 9.17) is 15.0 Å². The summed E-state index contributed by atoms with van der Waals surface area (Å²) < 4.78 is 0. The van der Waals surface area contributed by atoms with Crippen molar-refractivity contribution in [1.82, 2.24) is 15.0 Å². The summed E-state index contributed by atoms with van der Waals surface area (Å²) in [5.74, 6) is 1.99. The first kappa shape index (κ1) is 27.6. The molecular weight excluding hydrogens is 605 g/mol. The molecule has 230 valence electrons. The number of hydrogen-bond donors (Lipinski definition) is 0. The minimum atomic E-state index is -0.500. The number of benzene rings is 7. The smallest absolute Gasteiger partial charge is 0.208 e. The van der Waals surface area contributed by atoms with Gasteiger partial charge in [0.1, 0.15) is 0 Å². The lowest BCUT2D eigenvalue weighted by Crippen LogP contribution is -2.59. The fraction of sp³-hybridized carbons (Fsp3) is 0.0217. The van der Waals surface area contributed by atoms with Crippen LogP contribution in [-0.4, -0.2) is 21.7 Å². The van der Waals surface area contributed by atoms with E-state index in [-0.39, 0.29) is 6.71 Å². The maximum atomic E-state index is 5.14. The van der Waals surface area contributed by atoms with Crippen LogP contribution in [0.2, 0.25) is 0 Å². The molecule has 2 aliphatic heterocycles. The Hall–Kier alpha value is -6.39. The van der Waals surface area contributed by atoms with Crippen molar-refractivity contribution >= 4 is 23.1 Å². The van der Waals surface area contributed by atoms with Crippen molar-refractivity contribution in [1.29, 1.82) is 0 Å². The van der Waals surface area contributed by atoms with Crippen molar-refractivity contribution < 1.29 is 0 Å². The van der Waals surface area contributed by atoms with Gasteiger partial charge in [0.05, 0.1) is 5.41 Å². The van der Waals surface area contributed by atoms with E-state index in [1.165, 1.54) is 60.9 Å². The van der Waals surface area contributed by atoms with E-state index in [0.717, 1.165) is 16.7 Å². The second-order valence-electron chi connectivity index (χ2n) is 13.5. The molecule has 0 bridgehead atoms. The Kier molecular flexibility index (Phi) is 5.68. The SMILES string of the molecule is c1ccc(-c2nc(-c3ccccc3)nc(-c3ccc4c(c3)C3(c5ccccc5B5c6ccccc6-c6cccc3c65)c3ccccc3-4)n2)cc1. The summed E-state index contributed by atoms with van der Waals surface area (Å²) in [5.41, 5.74) is 17.1. The molecule has 0 N–H and O–H groups in total. The quantitative estimate of drug-likeness (QED) is 0.185. The van der Waals surface area contributed by atoms with E-state index >= 15 is 0 Å². The first-order valence-electron chi connectivity index (χ1n) is 17.2. The van der Waals surface area contributed by atoms with Crippen LogP contribution in [0, 0.1) is 0 Å². The molecule has 8 aromatic rings. The molecule has 4 heteroatoms. The molecule has 1 atom stereocenters. The number of rotatable bonds is 3. The van der Waals surface area contributed by atoms with E-state index in [2.05, 4.69) is 133 Å². The minimum Gasteiger partial charge on any atom is -0.208 e. The molecule has 0 fully saturated rings. The first-order valence-corrected chi connectivity index (χ1v) is 17.2. The van der Waals surface area contributed by atoms with E-state index < -0.39 is 5.41 Å². The van der Waals surface area contributed by atoms with Crippen molar-refractivity contribution in [2.45, 2.75) is 5.41 Å². The van der Waals surface area contributed by atoms with Gasteiger partial charge in [0, 0.05) is 16.7 Å². The molecule has 3 aliphatic rings. The molecule has 3 heterocycles. The first-order chi connectivity index (χ1) is 24.8. The van der Waals surface area contributed by atoms with Crippen molar-refractivity contribution in [3.05, 3.63) is 192 Å². The van der Waals surface area contributed by atoms with Crippen molar-refractivity contribution in [2.75, 3.05) is 0 Å². The zero-order chi connectivity index (χ0) is 32.8. The van der Waals surface area contributed by atoms with Gasteiger partial charge in [-0.05, 0) is 50.6 Å². The Balaban J connectivity index is 1.21. The molecule has 0 amide bonds. The van der Waals surface area contributed by atoms with Crippen LogP contribution in [0.25, 0.3) is 56.4 Å². The van der Waals surface area contributed by atoms with Crippen LogP contribution in [-0.2, 0) is 5.41 Å². The lowest BCUT2D eigenvalue weighted by atomic mass is 9.32. The molecule has 11 rings (SSSR count). The molecule has 7 aromatic carbocycles. The lowest BCUT2D eigenvalue weighted by molar-refractivity contribution is 0.775. The fourth-order valence-corrected chi connectivity index (χ4v) is 9.08. The van der Waals surface area contributed by atoms with E-state index in [1.807, 2.05) is 36.4 Å². The summed E-state index contributed by atoms with van der Waals surface area (Å²) in [6.45, 7) is 0.198. The van der Waals surface area contributed by atoms with Crippen molar-refractivity contribution in [3.63, 3.8) is 0 Å². The van der Waals surface area contributed by atoms with Crippen molar-refractivity contribution in [3.8, 4) is 56.4 Å². The summed E-state index contributed by atoms with van der Waals surface area (Å²) >= 11 is 0. The summed E-state index contributed by atoms with van der Waals surface area (Å²) in [6, 6.07) is 61.3. The number of nitrogens with zero attached hydrogens (tertiary/aromatic N) is 3. The van der Waals surface area contributed by atoms with Crippen LogP contribution in [0.5, 0.6) is 0 Å². The van der Waals surface area contributed by atoms with Gasteiger partial charge in [-0.3, -0.25) is 0 Å². The molecule has 1 unspecified atom stereocenters. The van der Waals surface area contributed by atoms with Gasteiger partial charge in [-0.25, -0.2) is 15.0 Å². The summed E-state index contributed by atoms with van der Waals surface area (Å²) in [4.78, 5) is 15.2. The van der Waals surface area contributed by atoms with Gasteiger partial charge < -0.3 is 0 Å². The normalized spacial score (nSPS) is 15.6. The van der Waals surface area contributed by atoms with Crippen LogP contribution in [0.3, 0.4) is 0 Å². The number of hydrogen-bond acceptors (Lipinski definition) is 3. The molecule has 1 aliphatic carbocycles. The molecule has 0 saturated carbocycles. The Morgan fingerprint density at radius 2 is 0.860 bits per heavy atom. The molecule has 0 saturated heterocycles. The number of fused-ring (bicyclic) bond motifs is 12. The highest BCUT2D eigenvalue weighted by Gasteiger charge is 2.54. The van der Waals surface area contributed by atoms with Gasteiger partial charge in [-0.15, -0.1) is 0 Å². The third-order valence-corrected chi connectivity index (χ3v) is 11.0. The summed E-state index contributed by atoms with van der Waals surface area (Å²) in [6.07, 6.45) is 0. The largest absolute Gasteiger partial charge is 0.243 e. The Labute approximate surface area is 291 Å². The summed E-state index contributed by atoms with van der Waals surface area (Å²) in [5, 5.41) is 0. The standard InChI is InChI=1S/C46H28BN3/c1-3-14-29(15-4-1)43-48-44(30-16-5-2-6-17-30)50-45(49-43)31-26-27-33-32-18-7-9-21-36(32)46(39(33)28-31)37-22-10-12-25-41(37)47-40-24-11-8-19-34(40)35-20-13-23-38(46)42(35)47/h1-28H. The van der Waals surface area contributed by atoms with Gasteiger partial charge in [0.15, 0.2) is 17.5 Å². The van der Waals surface area contributed by atoms with Crippen LogP contribution in [0.15, 0.2) is 170 Å². The zero-order valence-electron chi connectivity index (χ0n) is 27.1. The highest BCUT2D eigenvalue weighted by molar-refractivity contribution is 7.00. The second-order valence-corrected chi connectivity index (χ2v) is 13.5. The van der Waals surface area contributed by atoms with Gasteiger partial charge in [-0.2, -0.15) is 0 Å². The fourth-order valence-electron chi connectivity index (χ4n) is 9.08. The minimum absolute atomic E-state index is 0.198.